The lowest BCUT2D eigenvalue weighted by Crippen LogP contribution is -2.67. The second-order valence-corrected chi connectivity index (χ2v) is 23.5. The fourth-order valence-corrected chi connectivity index (χ4v) is 9.26. The minimum atomic E-state index is -2.88. The highest BCUT2D eigenvalue weighted by atomic mass is 16.4. The van der Waals surface area contributed by atoms with Gasteiger partial charge in [-0.25, -0.2) is 4.79 Å². The molecule has 89 heavy (non-hydrogen) atoms. The number of aliphatic hydroxyl groups is 2. The minimum absolute atomic E-state index is 0.00860. The molecule has 0 aromatic rings. The van der Waals surface area contributed by atoms with Crippen molar-refractivity contribution in [3.63, 3.8) is 0 Å². The Morgan fingerprint density at radius 2 is 1.30 bits per heavy atom. The zero-order valence-corrected chi connectivity index (χ0v) is 51.4. The maximum atomic E-state index is 14.9. The van der Waals surface area contributed by atoms with Gasteiger partial charge in [0.15, 0.2) is 6.10 Å². The number of aliphatic hydroxyl groups excluding tert-OH is 1. The van der Waals surface area contributed by atoms with Crippen molar-refractivity contribution in [2.24, 2.45) is 35.3 Å². The lowest BCUT2D eigenvalue weighted by molar-refractivity contribution is -0.153. The Kier molecular flexibility index (Phi) is 30.4. The Morgan fingerprint density at radius 1 is 0.697 bits per heavy atom. The molecule has 0 aromatic carbocycles. The van der Waals surface area contributed by atoms with Crippen molar-refractivity contribution < 1.29 is 103 Å². The van der Waals surface area contributed by atoms with Gasteiger partial charge in [0.25, 0.3) is 0 Å². The summed E-state index contributed by atoms with van der Waals surface area (Å²) in [5.41, 5.74) is 3.31. The molecule has 4 unspecified atom stereocenters. The molecule has 33 nitrogen and oxygen atoms in total. The van der Waals surface area contributed by atoms with Crippen LogP contribution in [0.5, 0.6) is 0 Å². The maximum Gasteiger partial charge on any atom is 0.335 e. The number of carbonyl (C=O) groups is 15. The van der Waals surface area contributed by atoms with Crippen LogP contribution in [0.2, 0.25) is 0 Å². The van der Waals surface area contributed by atoms with Crippen molar-refractivity contribution in [2.45, 2.75) is 186 Å². The zero-order valence-electron chi connectivity index (χ0n) is 51.4. The van der Waals surface area contributed by atoms with Crippen LogP contribution in [0.3, 0.4) is 0 Å². The quantitative estimate of drug-likeness (QED) is 0.0275. The third kappa shape index (κ3) is 24.1. The molecule has 2 fully saturated rings. The summed E-state index contributed by atoms with van der Waals surface area (Å²) in [6, 6.07) is -19.7. The van der Waals surface area contributed by atoms with E-state index in [0.29, 0.717) is 12.3 Å². The molecular weight excluding hydrogens is 1180 g/mol. The van der Waals surface area contributed by atoms with E-state index in [1.165, 1.54) is 26.8 Å². The number of hydrogen-bond acceptors (Lipinski definition) is 18. The van der Waals surface area contributed by atoms with E-state index < -0.39 is 204 Å². The summed E-state index contributed by atoms with van der Waals surface area (Å²) in [4.78, 5) is 205. The fraction of sp³-hybridized carbons (Fsp3) is 0.661. The SMILES string of the molecule is CC(C)CC/C=C\C=C\C(=O)N[C@H](C(=O)N[C@@H]1C(=O)N[C@H](C(C)(C)O)C(=O)N[C@@H](CCCCN)C(=O)N[C@@H](C(O)C(=O)O)C(=O)N[C@@H](CC(=O)O)C(=O)NCC(=O)N[C@H](C(C)C(=O)O)C(=O)N[C@@H](C(C)C)C(=O)N2C[C@H](C)C[C@H]2C(=O)NC1C)C(C)C(=O)O. The first-order chi connectivity index (χ1) is 41.3. The van der Waals surface area contributed by atoms with Crippen LogP contribution in [0.15, 0.2) is 24.3 Å². The van der Waals surface area contributed by atoms with Gasteiger partial charge in [-0.1, -0.05) is 52.8 Å². The number of rotatable bonds is 22. The summed E-state index contributed by atoms with van der Waals surface area (Å²) < 4.78 is 0. The number of nitrogens with two attached hydrogens (primary N) is 1. The summed E-state index contributed by atoms with van der Waals surface area (Å²) in [5, 5.41) is 84.0. The summed E-state index contributed by atoms with van der Waals surface area (Å²) in [6.07, 6.45) is 2.65. The molecule has 0 saturated carbocycles. The number of allylic oxidation sites excluding steroid dienone is 3. The van der Waals surface area contributed by atoms with Gasteiger partial charge >= 0.3 is 23.9 Å². The molecule has 18 N–H and O–H groups in total. The van der Waals surface area contributed by atoms with Gasteiger partial charge in [-0.15, -0.1) is 0 Å². The first-order valence-electron chi connectivity index (χ1n) is 29.0. The standard InChI is InChI=1S/C56H88N12O21/c1-25(2)17-13-11-12-14-19-34(69)62-38(28(6)53(83)84)48(78)65-40-30(8)59-46(76)33-21-27(5)24-68(33)52(82)37(26(3)4)64-47(77)39(29(7)54(85)86)63-35(70)23-58-44(74)32(22-36(71)72)61-50(80)41(42(73)55(87)88)66-45(75)31(18-15-16-20-57)60-51(81)43(56(9,10)89)67-49(40)79/h11-12,14,19,25-33,37-43,73,89H,13,15-18,20-24,57H2,1-10H3,(H,58,74)(H,59,76)(H,60,81)(H,61,80)(H,62,69)(H,63,70)(H,64,77)(H,65,78)(H,66,75)(H,67,79)(H,71,72)(H,83,84)(H,85,86)(H,87,88)/b12-11-,19-14+/t27-,28?,29?,30?,31+,32+,33+,37+,38+,39-,40+,41+,42?,43+/m1/s1. The average molecular weight is 1270 g/mol. The molecule has 0 aliphatic carbocycles. The number of hydrogen-bond donors (Lipinski definition) is 17. The molecule has 0 bridgehead atoms. The lowest BCUT2D eigenvalue weighted by atomic mass is 9.95. The minimum Gasteiger partial charge on any atom is -0.481 e. The van der Waals surface area contributed by atoms with Gasteiger partial charge in [0.1, 0.15) is 54.4 Å². The van der Waals surface area contributed by atoms with Gasteiger partial charge in [-0.3, -0.25) is 67.1 Å². The summed E-state index contributed by atoms with van der Waals surface area (Å²) in [6.45, 7) is 12.7. The van der Waals surface area contributed by atoms with Crippen LogP contribution in [0.25, 0.3) is 0 Å². The number of amides is 11. The predicted octanol–water partition coefficient (Wildman–Crippen LogP) is -4.80. The predicted molar refractivity (Wildman–Crippen MR) is 311 cm³/mol. The van der Waals surface area contributed by atoms with Gasteiger partial charge in [0.05, 0.1) is 36.4 Å². The molecule has 14 atom stereocenters. The highest BCUT2D eigenvalue weighted by Gasteiger charge is 2.46. The Balaban J connectivity index is 3.01. The number of carbonyl (C=O) groups excluding carboxylic acids is 11. The van der Waals surface area contributed by atoms with Crippen molar-refractivity contribution in [1.82, 2.24) is 58.1 Å². The van der Waals surface area contributed by atoms with Crippen LogP contribution in [0.1, 0.15) is 114 Å². The molecule has 0 spiro atoms. The lowest BCUT2D eigenvalue weighted by Gasteiger charge is -2.35. The van der Waals surface area contributed by atoms with Gasteiger partial charge in [0, 0.05) is 12.6 Å². The molecule has 2 aliphatic rings. The molecule has 11 amide bonds. The topological polar surface area (TPSA) is 527 Å². The largest absolute Gasteiger partial charge is 0.481 e. The number of carboxylic acids is 4. The molecule has 0 radical (unpaired) electrons. The Labute approximate surface area is 513 Å². The Morgan fingerprint density at radius 3 is 1.85 bits per heavy atom. The highest BCUT2D eigenvalue weighted by molar-refractivity contribution is 6.02. The van der Waals surface area contributed by atoms with Crippen LogP contribution in [-0.2, 0) is 71.9 Å². The summed E-state index contributed by atoms with van der Waals surface area (Å²) >= 11 is 0. The van der Waals surface area contributed by atoms with Crippen LogP contribution in [0.4, 0.5) is 0 Å². The molecule has 2 heterocycles. The van der Waals surface area contributed by atoms with Crippen LogP contribution < -0.4 is 58.9 Å². The molecule has 2 rings (SSSR count). The average Bonchev–Trinajstić information content (AvgIpc) is 3.11. The highest BCUT2D eigenvalue weighted by Crippen LogP contribution is 2.26. The van der Waals surface area contributed by atoms with Gasteiger partial charge < -0.3 is 94.4 Å². The molecule has 2 aliphatic heterocycles. The second-order valence-electron chi connectivity index (χ2n) is 23.5. The molecule has 498 valence electrons. The Hall–Kier alpha value is -8.59. The van der Waals surface area contributed by atoms with Gasteiger partial charge in [0.2, 0.25) is 65.0 Å². The van der Waals surface area contributed by atoms with E-state index in [0.717, 1.165) is 45.1 Å². The zero-order chi connectivity index (χ0) is 67.9. The smallest absolute Gasteiger partial charge is 0.335 e. The van der Waals surface area contributed by atoms with Crippen molar-refractivity contribution in [3.8, 4) is 0 Å². The molecule has 2 saturated heterocycles. The fourth-order valence-electron chi connectivity index (χ4n) is 9.26. The number of unbranched alkanes of at least 4 members (excludes halogenated alkanes) is 1. The number of carboxylic acid groups (broad SMARTS) is 4. The van der Waals surface area contributed by atoms with E-state index in [4.69, 9.17) is 5.73 Å². The third-order valence-electron chi connectivity index (χ3n) is 14.6. The first-order valence-corrected chi connectivity index (χ1v) is 29.0. The number of aliphatic carboxylic acids is 4. The number of fused-ring (bicyclic) bond motifs is 1. The van der Waals surface area contributed by atoms with Crippen LogP contribution in [0, 0.1) is 29.6 Å². The number of nitrogens with one attached hydrogen (secondary N) is 10. The monoisotopic (exact) mass is 1260 g/mol. The van der Waals surface area contributed by atoms with Gasteiger partial charge in [-0.05, 0) is 97.4 Å². The van der Waals surface area contributed by atoms with Crippen molar-refractivity contribution in [1.29, 1.82) is 0 Å². The van der Waals surface area contributed by atoms with E-state index >= 15 is 0 Å². The first kappa shape index (κ1) is 76.5. The molecular formula is C56H88N12O21. The van der Waals surface area contributed by atoms with E-state index in [-0.39, 0.29) is 32.4 Å². The maximum absolute atomic E-state index is 14.9. The van der Waals surface area contributed by atoms with Crippen LogP contribution >= 0.6 is 0 Å². The van der Waals surface area contributed by atoms with Gasteiger partial charge in [-0.2, -0.15) is 0 Å². The molecule has 0 aromatic heterocycles. The summed E-state index contributed by atoms with van der Waals surface area (Å²) in [7, 11) is 0. The second kappa shape index (κ2) is 35.4. The normalized spacial score (nSPS) is 25.9. The van der Waals surface area contributed by atoms with Crippen molar-refractivity contribution in [2.75, 3.05) is 19.6 Å². The summed E-state index contributed by atoms with van der Waals surface area (Å²) in [5.74, 6) is -25.7. The van der Waals surface area contributed by atoms with Crippen molar-refractivity contribution >= 4 is 88.9 Å². The van der Waals surface area contributed by atoms with Crippen LogP contribution in [-0.4, -0.2) is 216 Å². The van der Waals surface area contributed by atoms with E-state index in [2.05, 4.69) is 37.2 Å². The van der Waals surface area contributed by atoms with E-state index in [9.17, 15) is 103 Å². The van der Waals surface area contributed by atoms with E-state index in [1.54, 1.807) is 19.1 Å². The van der Waals surface area contributed by atoms with E-state index in [1.807, 2.05) is 29.8 Å². The van der Waals surface area contributed by atoms with Crippen molar-refractivity contribution in [3.05, 3.63) is 24.3 Å². The Bertz CT molecular complexity index is 2680. The molecule has 33 heteroatoms. The third-order valence-corrected chi connectivity index (χ3v) is 14.6. The number of nitrogens with zero attached hydrogens (tertiary/aromatic N) is 1.